The lowest BCUT2D eigenvalue weighted by Crippen LogP contribution is -2.47. The molecule has 1 N–H and O–H groups in total. The highest BCUT2D eigenvalue weighted by Crippen LogP contribution is 2.26. The van der Waals surface area contributed by atoms with Crippen LogP contribution in [0.3, 0.4) is 0 Å². The Hall–Kier alpha value is -2.83. The summed E-state index contributed by atoms with van der Waals surface area (Å²) in [6.45, 7) is 4.56. The predicted molar refractivity (Wildman–Crippen MR) is 106 cm³/mol. The van der Waals surface area contributed by atoms with Crippen LogP contribution in [0, 0.1) is 0 Å². The van der Waals surface area contributed by atoms with Crippen LogP contribution in [-0.2, 0) is 0 Å². The van der Waals surface area contributed by atoms with E-state index in [9.17, 15) is 0 Å². The number of hydrogen-bond acceptors (Lipinski definition) is 6. The number of rotatable bonds is 5. The van der Waals surface area contributed by atoms with Crippen molar-refractivity contribution in [2.45, 2.75) is 0 Å². The van der Waals surface area contributed by atoms with Gasteiger partial charge in [0.15, 0.2) is 5.82 Å². The maximum atomic E-state index is 9.14. The Morgan fingerprint density at radius 3 is 2.37 bits per heavy atom. The summed E-state index contributed by atoms with van der Waals surface area (Å²) in [5.41, 5.74) is 2.87. The summed E-state index contributed by atoms with van der Waals surface area (Å²) in [6, 6.07) is 16.1. The highest BCUT2D eigenvalue weighted by Gasteiger charge is 2.19. The number of piperazine rings is 1. The van der Waals surface area contributed by atoms with E-state index in [4.69, 9.17) is 15.1 Å². The third-order valence-corrected chi connectivity index (χ3v) is 4.81. The lowest BCUT2D eigenvalue weighted by atomic mass is 10.1. The summed E-state index contributed by atoms with van der Waals surface area (Å²) in [6.07, 6.45) is 3.60. The summed E-state index contributed by atoms with van der Waals surface area (Å²) < 4.78 is 0. The van der Waals surface area contributed by atoms with Crippen LogP contribution < -0.4 is 4.90 Å². The minimum atomic E-state index is 0.205. The Morgan fingerprint density at radius 2 is 1.67 bits per heavy atom. The highest BCUT2D eigenvalue weighted by atomic mass is 16.3. The van der Waals surface area contributed by atoms with Gasteiger partial charge in [-0.2, -0.15) is 0 Å². The predicted octanol–water partition coefficient (Wildman–Crippen LogP) is 2.32. The molecule has 1 aliphatic rings. The number of nitrogens with zero attached hydrogens (tertiary/aromatic N) is 5. The molecule has 0 bridgehead atoms. The van der Waals surface area contributed by atoms with Gasteiger partial charge in [-0.05, 0) is 12.1 Å². The van der Waals surface area contributed by atoms with Gasteiger partial charge in [0.05, 0.1) is 12.3 Å². The van der Waals surface area contributed by atoms with E-state index in [0.717, 1.165) is 61.2 Å². The Bertz CT molecular complexity index is 807. The Balaban J connectivity index is 1.69. The number of hydrogen-bond donors (Lipinski definition) is 1. The second kappa shape index (κ2) is 8.24. The van der Waals surface area contributed by atoms with Crippen LogP contribution in [0.2, 0.25) is 0 Å². The lowest BCUT2D eigenvalue weighted by Gasteiger charge is -2.35. The summed E-state index contributed by atoms with van der Waals surface area (Å²) in [5, 5.41) is 9.14. The maximum Gasteiger partial charge on any atom is 0.162 e. The first-order chi connectivity index (χ1) is 13.3. The van der Waals surface area contributed by atoms with Crippen LogP contribution >= 0.6 is 0 Å². The van der Waals surface area contributed by atoms with Gasteiger partial charge in [0.25, 0.3) is 0 Å². The standard InChI is InChI=1S/C21H23N5O/c27-14-13-25-9-11-26(12-10-25)20-15-19(18-7-4-8-22-16-18)23-21(24-20)17-5-2-1-3-6-17/h1-8,15-16,27H,9-14H2. The molecule has 1 aromatic carbocycles. The molecule has 6 nitrogen and oxygen atoms in total. The Labute approximate surface area is 159 Å². The van der Waals surface area contributed by atoms with Crippen LogP contribution in [-0.4, -0.2) is 64.3 Å². The number of aliphatic hydroxyl groups is 1. The van der Waals surface area contributed by atoms with E-state index >= 15 is 0 Å². The second-order valence-corrected chi connectivity index (χ2v) is 6.60. The third-order valence-electron chi connectivity index (χ3n) is 4.81. The van der Waals surface area contributed by atoms with Crippen molar-refractivity contribution >= 4 is 5.82 Å². The molecule has 0 amide bonds. The summed E-state index contributed by atoms with van der Waals surface area (Å²) in [7, 11) is 0. The quantitative estimate of drug-likeness (QED) is 0.752. The van der Waals surface area contributed by atoms with E-state index in [1.54, 1.807) is 6.20 Å². The fraction of sp³-hybridized carbons (Fsp3) is 0.286. The zero-order valence-electron chi connectivity index (χ0n) is 15.2. The average molecular weight is 361 g/mol. The van der Waals surface area contributed by atoms with Crippen LogP contribution in [0.25, 0.3) is 22.6 Å². The number of aliphatic hydroxyl groups excluding tert-OH is 1. The van der Waals surface area contributed by atoms with Crippen LogP contribution in [0.15, 0.2) is 60.9 Å². The molecular weight excluding hydrogens is 338 g/mol. The van der Waals surface area contributed by atoms with Crippen molar-refractivity contribution in [1.82, 2.24) is 19.9 Å². The third kappa shape index (κ3) is 4.13. The van der Waals surface area contributed by atoms with E-state index in [1.165, 1.54) is 0 Å². The van der Waals surface area contributed by atoms with E-state index in [-0.39, 0.29) is 6.61 Å². The van der Waals surface area contributed by atoms with Gasteiger partial charge in [-0.25, -0.2) is 9.97 Å². The van der Waals surface area contributed by atoms with Crippen molar-refractivity contribution in [2.24, 2.45) is 0 Å². The molecule has 1 aliphatic heterocycles. The molecule has 6 heteroatoms. The van der Waals surface area contributed by atoms with Gasteiger partial charge < -0.3 is 10.0 Å². The van der Waals surface area contributed by atoms with Crippen LogP contribution in [0.1, 0.15) is 0 Å². The molecule has 0 unspecified atom stereocenters. The fourth-order valence-corrected chi connectivity index (χ4v) is 3.32. The normalized spacial score (nSPS) is 15.1. The van der Waals surface area contributed by atoms with Crippen molar-refractivity contribution in [2.75, 3.05) is 44.2 Å². The van der Waals surface area contributed by atoms with Gasteiger partial charge in [-0.3, -0.25) is 9.88 Å². The molecule has 3 heterocycles. The van der Waals surface area contributed by atoms with Gasteiger partial charge >= 0.3 is 0 Å². The molecule has 3 aromatic rings. The largest absolute Gasteiger partial charge is 0.395 e. The Kier molecular flexibility index (Phi) is 5.37. The molecular formula is C21H23N5O. The molecule has 0 spiro atoms. The lowest BCUT2D eigenvalue weighted by molar-refractivity contribution is 0.188. The topological polar surface area (TPSA) is 65.4 Å². The van der Waals surface area contributed by atoms with Crippen molar-refractivity contribution < 1.29 is 5.11 Å². The van der Waals surface area contributed by atoms with E-state index in [0.29, 0.717) is 0 Å². The van der Waals surface area contributed by atoms with Crippen molar-refractivity contribution in [3.8, 4) is 22.6 Å². The molecule has 2 aromatic heterocycles. The Morgan fingerprint density at radius 1 is 0.889 bits per heavy atom. The monoisotopic (exact) mass is 361 g/mol. The fourth-order valence-electron chi connectivity index (χ4n) is 3.32. The average Bonchev–Trinajstić information content (AvgIpc) is 2.75. The zero-order chi connectivity index (χ0) is 18.5. The van der Waals surface area contributed by atoms with Gasteiger partial charge in [0.1, 0.15) is 5.82 Å². The van der Waals surface area contributed by atoms with Gasteiger partial charge in [-0.1, -0.05) is 30.3 Å². The smallest absolute Gasteiger partial charge is 0.162 e. The SMILES string of the molecule is OCCN1CCN(c2cc(-c3cccnc3)nc(-c3ccccc3)n2)CC1. The number of pyridine rings is 1. The second-order valence-electron chi connectivity index (χ2n) is 6.60. The van der Waals surface area contributed by atoms with Crippen molar-refractivity contribution in [1.29, 1.82) is 0 Å². The minimum Gasteiger partial charge on any atom is -0.395 e. The molecule has 1 saturated heterocycles. The molecule has 0 radical (unpaired) electrons. The van der Waals surface area contributed by atoms with Gasteiger partial charge in [0.2, 0.25) is 0 Å². The molecule has 1 fully saturated rings. The molecule has 27 heavy (non-hydrogen) atoms. The number of benzene rings is 1. The molecule has 0 aliphatic carbocycles. The number of β-amino-alcohol motifs (C(OH)–C–C–N with tert-alkyl or cyclic N) is 1. The first-order valence-corrected chi connectivity index (χ1v) is 9.26. The molecule has 0 saturated carbocycles. The summed E-state index contributed by atoms with van der Waals surface area (Å²) >= 11 is 0. The number of anilines is 1. The summed E-state index contributed by atoms with van der Waals surface area (Å²) in [4.78, 5) is 18.4. The first-order valence-electron chi connectivity index (χ1n) is 9.26. The summed E-state index contributed by atoms with van der Waals surface area (Å²) in [5.74, 6) is 1.66. The van der Waals surface area contributed by atoms with Gasteiger partial charge in [0, 0.05) is 62.3 Å². The van der Waals surface area contributed by atoms with Crippen molar-refractivity contribution in [3.05, 3.63) is 60.9 Å². The van der Waals surface area contributed by atoms with Gasteiger partial charge in [-0.15, -0.1) is 0 Å². The first kappa shape index (κ1) is 17.6. The van der Waals surface area contributed by atoms with Crippen molar-refractivity contribution in [3.63, 3.8) is 0 Å². The molecule has 0 atom stereocenters. The van der Waals surface area contributed by atoms with E-state index < -0.39 is 0 Å². The molecule has 138 valence electrons. The van der Waals surface area contributed by atoms with Crippen LogP contribution in [0.4, 0.5) is 5.82 Å². The van der Waals surface area contributed by atoms with E-state index in [1.807, 2.05) is 54.7 Å². The zero-order valence-corrected chi connectivity index (χ0v) is 15.2. The van der Waals surface area contributed by atoms with Crippen LogP contribution in [0.5, 0.6) is 0 Å². The molecule has 4 rings (SSSR count). The minimum absolute atomic E-state index is 0.205. The maximum absolute atomic E-state index is 9.14. The number of aromatic nitrogens is 3. The highest BCUT2D eigenvalue weighted by molar-refractivity contribution is 5.67. The van der Waals surface area contributed by atoms with E-state index in [2.05, 4.69) is 14.8 Å².